The Morgan fingerprint density at radius 2 is 1.87 bits per heavy atom. The molecular weight excluding hydrogens is 377 g/mol. The van der Waals surface area contributed by atoms with E-state index in [1.54, 1.807) is 12.1 Å². The first-order valence-electron chi connectivity index (χ1n) is 10.4. The van der Waals surface area contributed by atoms with Crippen LogP contribution in [0.1, 0.15) is 40.2 Å². The van der Waals surface area contributed by atoms with Crippen molar-refractivity contribution in [1.29, 1.82) is 0 Å². The lowest BCUT2D eigenvalue weighted by Crippen LogP contribution is -2.35. The highest BCUT2D eigenvalue weighted by atomic mass is 19.1. The summed E-state index contributed by atoms with van der Waals surface area (Å²) in [6.07, 6.45) is 0.980. The molecule has 0 amide bonds. The summed E-state index contributed by atoms with van der Waals surface area (Å²) in [5.41, 5.74) is 6.20. The average Bonchev–Trinajstić information content (AvgIpc) is 2.76. The molecule has 0 aromatic heterocycles. The summed E-state index contributed by atoms with van der Waals surface area (Å²) < 4.78 is 25.0. The van der Waals surface area contributed by atoms with Crippen LogP contribution in [0.15, 0.2) is 60.7 Å². The third kappa shape index (κ3) is 4.34. The van der Waals surface area contributed by atoms with Crippen molar-refractivity contribution in [2.45, 2.75) is 38.8 Å². The van der Waals surface area contributed by atoms with Gasteiger partial charge in [0.2, 0.25) is 0 Å². The largest absolute Gasteiger partial charge is 0.494 e. The second kappa shape index (κ2) is 8.88. The van der Waals surface area contributed by atoms with Crippen LogP contribution in [0.3, 0.4) is 0 Å². The van der Waals surface area contributed by atoms with Gasteiger partial charge in [-0.2, -0.15) is 0 Å². The Morgan fingerprint density at radius 3 is 2.67 bits per heavy atom. The SMILES string of the molecule is COc1cc(CNCC2CC(c3ccc(C)c(C)c3)c3ccccc3O2)ccc1F. The van der Waals surface area contributed by atoms with Gasteiger partial charge in [-0.1, -0.05) is 42.5 Å². The Balaban J connectivity index is 1.48. The molecule has 0 fully saturated rings. The minimum Gasteiger partial charge on any atom is -0.494 e. The number of rotatable bonds is 6. The van der Waals surface area contributed by atoms with Crippen LogP contribution < -0.4 is 14.8 Å². The fourth-order valence-corrected chi connectivity index (χ4v) is 4.11. The molecule has 3 nitrogen and oxygen atoms in total. The zero-order valence-electron chi connectivity index (χ0n) is 17.7. The molecule has 3 aromatic rings. The molecule has 2 unspecified atom stereocenters. The average molecular weight is 406 g/mol. The molecule has 1 N–H and O–H groups in total. The van der Waals surface area contributed by atoms with Crippen LogP contribution in [0.5, 0.6) is 11.5 Å². The number of fused-ring (bicyclic) bond motifs is 1. The maximum atomic E-state index is 13.6. The molecule has 1 aliphatic rings. The van der Waals surface area contributed by atoms with Crippen molar-refractivity contribution in [2.24, 2.45) is 0 Å². The van der Waals surface area contributed by atoms with Crippen molar-refractivity contribution < 1.29 is 13.9 Å². The monoisotopic (exact) mass is 405 g/mol. The number of ether oxygens (including phenoxy) is 2. The van der Waals surface area contributed by atoms with Gasteiger partial charge in [0, 0.05) is 24.6 Å². The van der Waals surface area contributed by atoms with Gasteiger partial charge in [-0.05, 0) is 60.7 Å². The van der Waals surface area contributed by atoms with E-state index < -0.39 is 0 Å². The smallest absolute Gasteiger partial charge is 0.165 e. The Kier molecular flexibility index (Phi) is 6.05. The zero-order chi connectivity index (χ0) is 21.1. The maximum Gasteiger partial charge on any atom is 0.165 e. The number of methoxy groups -OCH3 is 1. The van der Waals surface area contributed by atoms with Gasteiger partial charge in [0.05, 0.1) is 7.11 Å². The lowest BCUT2D eigenvalue weighted by atomic mass is 9.83. The number of benzene rings is 3. The molecular formula is C26H28FNO2. The predicted molar refractivity (Wildman–Crippen MR) is 118 cm³/mol. The summed E-state index contributed by atoms with van der Waals surface area (Å²) in [4.78, 5) is 0. The van der Waals surface area contributed by atoms with E-state index >= 15 is 0 Å². The fraction of sp³-hybridized carbons (Fsp3) is 0.308. The van der Waals surface area contributed by atoms with Gasteiger partial charge < -0.3 is 14.8 Å². The Bertz CT molecular complexity index is 1030. The Hall–Kier alpha value is -2.85. The molecule has 0 bridgehead atoms. The van der Waals surface area contributed by atoms with Crippen molar-refractivity contribution in [3.05, 3.63) is 94.3 Å². The highest BCUT2D eigenvalue weighted by Gasteiger charge is 2.29. The molecule has 0 aliphatic carbocycles. The van der Waals surface area contributed by atoms with E-state index in [1.807, 2.05) is 6.07 Å². The van der Waals surface area contributed by atoms with Crippen LogP contribution in [0, 0.1) is 19.7 Å². The molecule has 2 atom stereocenters. The second-order valence-corrected chi connectivity index (χ2v) is 8.01. The van der Waals surface area contributed by atoms with Crippen LogP contribution in [-0.2, 0) is 6.54 Å². The van der Waals surface area contributed by atoms with E-state index in [2.05, 4.69) is 55.6 Å². The fourth-order valence-electron chi connectivity index (χ4n) is 4.11. The van der Waals surface area contributed by atoms with Gasteiger partial charge in [-0.3, -0.25) is 0 Å². The van der Waals surface area contributed by atoms with Crippen LogP contribution in [0.2, 0.25) is 0 Å². The van der Waals surface area contributed by atoms with Gasteiger partial charge in [0.1, 0.15) is 11.9 Å². The van der Waals surface area contributed by atoms with Crippen molar-refractivity contribution in [3.8, 4) is 11.5 Å². The summed E-state index contributed by atoms with van der Waals surface area (Å²) in [5.74, 6) is 1.20. The number of aryl methyl sites for hydroxylation is 2. The van der Waals surface area contributed by atoms with Crippen LogP contribution in [0.25, 0.3) is 0 Å². The maximum absolute atomic E-state index is 13.6. The quantitative estimate of drug-likeness (QED) is 0.585. The first kappa shape index (κ1) is 20.4. The standard InChI is InChI=1S/C26H28FNO2/c1-17-8-10-20(12-18(17)2)23-14-21(30-25-7-5-4-6-22(23)25)16-28-15-19-9-11-24(27)26(13-19)29-3/h4-13,21,23,28H,14-16H2,1-3H3. The molecule has 156 valence electrons. The molecule has 0 spiro atoms. The minimum atomic E-state index is -0.343. The Morgan fingerprint density at radius 1 is 1.03 bits per heavy atom. The minimum absolute atomic E-state index is 0.0638. The van der Waals surface area contributed by atoms with Crippen LogP contribution in [0.4, 0.5) is 4.39 Å². The van der Waals surface area contributed by atoms with Crippen molar-refractivity contribution >= 4 is 0 Å². The third-order valence-corrected chi connectivity index (χ3v) is 5.94. The summed E-state index contributed by atoms with van der Waals surface area (Å²) >= 11 is 0. The number of nitrogens with one attached hydrogen (secondary N) is 1. The molecule has 4 rings (SSSR count). The van der Waals surface area contributed by atoms with Crippen LogP contribution in [-0.4, -0.2) is 19.8 Å². The van der Waals surface area contributed by atoms with E-state index in [-0.39, 0.29) is 17.7 Å². The van der Waals surface area contributed by atoms with E-state index in [0.717, 1.165) is 24.3 Å². The zero-order valence-corrected chi connectivity index (χ0v) is 17.7. The van der Waals surface area contributed by atoms with Gasteiger partial charge in [-0.15, -0.1) is 0 Å². The topological polar surface area (TPSA) is 30.5 Å². The molecule has 0 saturated heterocycles. The molecule has 3 aromatic carbocycles. The third-order valence-electron chi connectivity index (χ3n) is 5.94. The van der Waals surface area contributed by atoms with E-state index in [9.17, 15) is 4.39 Å². The van der Waals surface area contributed by atoms with Gasteiger partial charge >= 0.3 is 0 Å². The summed E-state index contributed by atoms with van der Waals surface area (Å²) in [6.45, 7) is 5.66. The number of hydrogen-bond donors (Lipinski definition) is 1. The van der Waals surface area contributed by atoms with E-state index in [1.165, 1.54) is 35.4 Å². The molecule has 1 aliphatic heterocycles. The molecule has 4 heteroatoms. The first-order chi connectivity index (χ1) is 14.5. The number of hydrogen-bond acceptors (Lipinski definition) is 3. The highest BCUT2D eigenvalue weighted by molar-refractivity contribution is 5.45. The Labute approximate surface area is 177 Å². The number of para-hydroxylation sites is 1. The molecule has 30 heavy (non-hydrogen) atoms. The lowest BCUT2D eigenvalue weighted by molar-refractivity contribution is 0.162. The van der Waals surface area contributed by atoms with Gasteiger partial charge in [-0.25, -0.2) is 4.39 Å². The van der Waals surface area contributed by atoms with Crippen molar-refractivity contribution in [2.75, 3.05) is 13.7 Å². The first-order valence-corrected chi connectivity index (χ1v) is 10.4. The lowest BCUT2D eigenvalue weighted by Gasteiger charge is -2.33. The predicted octanol–water partition coefficient (Wildman–Crippen LogP) is 5.52. The number of halogens is 1. The van der Waals surface area contributed by atoms with Crippen molar-refractivity contribution in [1.82, 2.24) is 5.32 Å². The molecule has 0 radical (unpaired) electrons. The van der Waals surface area contributed by atoms with Gasteiger partial charge in [0.15, 0.2) is 11.6 Å². The van der Waals surface area contributed by atoms with Gasteiger partial charge in [0.25, 0.3) is 0 Å². The van der Waals surface area contributed by atoms with Crippen LogP contribution >= 0.6 is 0 Å². The normalized spacial score (nSPS) is 17.9. The second-order valence-electron chi connectivity index (χ2n) is 8.01. The van der Waals surface area contributed by atoms with Crippen molar-refractivity contribution in [3.63, 3.8) is 0 Å². The van der Waals surface area contributed by atoms with E-state index in [4.69, 9.17) is 9.47 Å². The molecule has 0 saturated carbocycles. The highest BCUT2D eigenvalue weighted by Crippen LogP contribution is 2.40. The summed E-state index contributed by atoms with van der Waals surface area (Å²) in [6, 6.07) is 20.0. The van der Waals surface area contributed by atoms with E-state index in [0.29, 0.717) is 12.5 Å². The summed E-state index contributed by atoms with van der Waals surface area (Å²) in [5, 5.41) is 3.46. The molecule has 1 heterocycles. The summed E-state index contributed by atoms with van der Waals surface area (Å²) in [7, 11) is 1.48.